The Labute approximate surface area is 85.9 Å². The average Bonchev–Trinajstić information content (AvgIpc) is 1.98. The first-order chi connectivity index (χ1) is 6.51. The van der Waals surface area contributed by atoms with Gasteiger partial charge in [0.25, 0.3) is 0 Å². The van der Waals surface area contributed by atoms with E-state index < -0.39 is 0 Å². The fourth-order valence-electron chi connectivity index (χ4n) is 4.86. The zero-order valence-electron chi connectivity index (χ0n) is 9.13. The van der Waals surface area contributed by atoms with Crippen LogP contribution in [0.15, 0.2) is 0 Å². The van der Waals surface area contributed by atoms with E-state index in [9.17, 15) is 5.11 Å². The predicted octanol–water partition coefficient (Wildman–Crippen LogP) is 0.948. The first-order valence-electron chi connectivity index (χ1n) is 6.07. The number of rotatable bonds is 1. The molecule has 4 bridgehead atoms. The Balaban J connectivity index is 1.96. The van der Waals surface area contributed by atoms with E-state index in [-0.39, 0.29) is 5.60 Å². The third-order valence-corrected chi connectivity index (χ3v) is 5.12. The van der Waals surface area contributed by atoms with E-state index in [0.29, 0.717) is 11.5 Å². The van der Waals surface area contributed by atoms with Gasteiger partial charge >= 0.3 is 0 Å². The predicted molar refractivity (Wildman–Crippen MR) is 54.4 cm³/mol. The van der Waals surface area contributed by atoms with E-state index in [1.807, 2.05) is 0 Å². The minimum atomic E-state index is -0.296. The van der Waals surface area contributed by atoms with Gasteiger partial charge in [-0.15, -0.1) is 0 Å². The summed E-state index contributed by atoms with van der Waals surface area (Å²) in [4.78, 5) is 0. The maximum atomic E-state index is 10.5. The summed E-state index contributed by atoms with van der Waals surface area (Å²) in [6.07, 6.45) is 7.28. The van der Waals surface area contributed by atoms with E-state index in [1.54, 1.807) is 0 Å². The Hall–Kier alpha value is -0.0800. The molecule has 0 aromatic carbocycles. The molecule has 80 valence electrons. The number of hydrogen-bond acceptors (Lipinski definition) is 1. The molecule has 2 heteroatoms. The maximum Gasteiger partial charge on any atom is 0.0873 e. The highest BCUT2D eigenvalue weighted by atomic mass is 16.3. The number of quaternary nitrogens is 1. The van der Waals surface area contributed by atoms with Gasteiger partial charge in [-0.1, -0.05) is 0 Å². The molecule has 0 aromatic rings. The molecule has 0 saturated heterocycles. The van der Waals surface area contributed by atoms with Gasteiger partial charge < -0.3 is 10.8 Å². The lowest BCUT2D eigenvalue weighted by Crippen LogP contribution is -2.72. The van der Waals surface area contributed by atoms with Crippen LogP contribution < -0.4 is 5.73 Å². The summed E-state index contributed by atoms with van der Waals surface area (Å²) in [6.45, 7) is 2.25. The number of aliphatic hydroxyl groups is 1. The molecule has 14 heavy (non-hydrogen) atoms. The molecule has 4 saturated carbocycles. The molecule has 0 amide bonds. The van der Waals surface area contributed by atoms with Crippen LogP contribution in [-0.4, -0.2) is 16.7 Å². The lowest BCUT2D eigenvalue weighted by molar-refractivity contribution is -0.455. The van der Waals surface area contributed by atoms with Crippen LogP contribution in [0.3, 0.4) is 0 Å². The second kappa shape index (κ2) is 2.53. The average molecular weight is 196 g/mol. The van der Waals surface area contributed by atoms with E-state index in [4.69, 9.17) is 0 Å². The SMILES string of the molecule is C[C@@H]([NH3+])C12C[C@@H]3C[C@@H](CC(O)(C3)C1)C2. The molecule has 2 unspecified atom stereocenters. The van der Waals surface area contributed by atoms with Crippen molar-refractivity contribution >= 4 is 0 Å². The van der Waals surface area contributed by atoms with Gasteiger partial charge in [-0.05, 0) is 57.3 Å². The molecule has 0 spiro atoms. The fourth-order valence-corrected chi connectivity index (χ4v) is 4.86. The minimum absolute atomic E-state index is 0.296. The molecule has 4 fully saturated rings. The molecule has 4 aliphatic rings. The Morgan fingerprint density at radius 2 is 1.79 bits per heavy atom. The van der Waals surface area contributed by atoms with E-state index in [0.717, 1.165) is 31.1 Å². The van der Waals surface area contributed by atoms with E-state index in [1.165, 1.54) is 19.3 Å². The van der Waals surface area contributed by atoms with Crippen molar-refractivity contribution in [3.05, 3.63) is 0 Å². The van der Waals surface area contributed by atoms with Gasteiger partial charge in [-0.25, -0.2) is 0 Å². The summed E-state index contributed by atoms with van der Waals surface area (Å²) in [7, 11) is 0. The van der Waals surface area contributed by atoms with Gasteiger partial charge in [0, 0.05) is 5.41 Å². The van der Waals surface area contributed by atoms with Crippen molar-refractivity contribution in [3.8, 4) is 0 Å². The largest absolute Gasteiger partial charge is 0.390 e. The highest BCUT2D eigenvalue weighted by Crippen LogP contribution is 2.62. The van der Waals surface area contributed by atoms with E-state index >= 15 is 0 Å². The molecule has 4 N–H and O–H groups in total. The Morgan fingerprint density at radius 1 is 1.21 bits per heavy atom. The van der Waals surface area contributed by atoms with Crippen molar-refractivity contribution in [1.82, 2.24) is 0 Å². The molecular weight excluding hydrogens is 174 g/mol. The molecule has 4 aliphatic carbocycles. The molecule has 5 atom stereocenters. The molecule has 0 aromatic heterocycles. The van der Waals surface area contributed by atoms with Crippen LogP contribution in [0.25, 0.3) is 0 Å². The summed E-state index contributed by atoms with van der Waals surface area (Å²) < 4.78 is 0. The molecule has 2 nitrogen and oxygen atoms in total. The fraction of sp³-hybridized carbons (Fsp3) is 1.00. The summed E-state index contributed by atoms with van der Waals surface area (Å²) in [5.74, 6) is 1.62. The Kier molecular flexibility index (Phi) is 1.66. The topological polar surface area (TPSA) is 47.9 Å². The van der Waals surface area contributed by atoms with Crippen LogP contribution in [0.4, 0.5) is 0 Å². The first kappa shape index (κ1) is 9.17. The van der Waals surface area contributed by atoms with Crippen molar-refractivity contribution in [1.29, 1.82) is 0 Å². The zero-order chi connectivity index (χ0) is 9.97. The van der Waals surface area contributed by atoms with Crippen LogP contribution in [0, 0.1) is 17.3 Å². The third-order valence-electron chi connectivity index (χ3n) is 5.12. The van der Waals surface area contributed by atoms with Crippen LogP contribution in [0.2, 0.25) is 0 Å². The van der Waals surface area contributed by atoms with Crippen LogP contribution >= 0.6 is 0 Å². The van der Waals surface area contributed by atoms with Gasteiger partial charge in [-0.2, -0.15) is 0 Å². The molecule has 0 radical (unpaired) electrons. The zero-order valence-corrected chi connectivity index (χ0v) is 9.13. The van der Waals surface area contributed by atoms with Crippen molar-refractivity contribution < 1.29 is 10.8 Å². The van der Waals surface area contributed by atoms with E-state index in [2.05, 4.69) is 12.7 Å². The summed E-state index contributed by atoms with van der Waals surface area (Å²) in [5, 5.41) is 10.5. The van der Waals surface area contributed by atoms with Gasteiger partial charge in [0.1, 0.15) is 0 Å². The van der Waals surface area contributed by atoms with Gasteiger partial charge in [0.2, 0.25) is 0 Å². The van der Waals surface area contributed by atoms with Crippen LogP contribution in [0.1, 0.15) is 45.4 Å². The first-order valence-corrected chi connectivity index (χ1v) is 6.07. The smallest absolute Gasteiger partial charge is 0.0873 e. The standard InChI is InChI=1S/C12H21NO/c1-8(13)11-3-9-2-10(4-11)6-12(14,5-9)7-11/h8-10,14H,2-7,13H2,1H3/p+1/t8-,9-,10+,11?,12?/m1/s1. The van der Waals surface area contributed by atoms with Gasteiger partial charge in [0.15, 0.2) is 0 Å². The second-order valence-electron chi connectivity index (χ2n) is 6.45. The number of hydrogen-bond donors (Lipinski definition) is 2. The van der Waals surface area contributed by atoms with Gasteiger partial charge in [0.05, 0.1) is 11.6 Å². The highest BCUT2D eigenvalue weighted by Gasteiger charge is 2.59. The lowest BCUT2D eigenvalue weighted by Gasteiger charge is -2.60. The van der Waals surface area contributed by atoms with Crippen molar-refractivity contribution in [2.45, 2.75) is 57.1 Å². The monoisotopic (exact) mass is 196 g/mol. The summed E-state index contributed by atoms with van der Waals surface area (Å²) in [6, 6.07) is 0.514. The van der Waals surface area contributed by atoms with Crippen molar-refractivity contribution in [2.75, 3.05) is 0 Å². The van der Waals surface area contributed by atoms with Crippen LogP contribution in [-0.2, 0) is 0 Å². The third kappa shape index (κ3) is 1.10. The molecular formula is C12H22NO+. The second-order valence-corrected chi connectivity index (χ2v) is 6.45. The van der Waals surface area contributed by atoms with Gasteiger partial charge in [-0.3, -0.25) is 0 Å². The lowest BCUT2D eigenvalue weighted by atomic mass is 9.46. The Bertz CT molecular complexity index is 247. The summed E-state index contributed by atoms with van der Waals surface area (Å²) >= 11 is 0. The highest BCUT2D eigenvalue weighted by molar-refractivity contribution is 5.09. The molecule has 4 rings (SSSR count). The maximum absolute atomic E-state index is 10.5. The molecule has 0 aliphatic heterocycles. The van der Waals surface area contributed by atoms with Crippen LogP contribution in [0.5, 0.6) is 0 Å². The van der Waals surface area contributed by atoms with Crippen molar-refractivity contribution in [3.63, 3.8) is 0 Å². The normalized spacial score (nSPS) is 57.6. The van der Waals surface area contributed by atoms with Crippen molar-refractivity contribution in [2.24, 2.45) is 17.3 Å². The minimum Gasteiger partial charge on any atom is -0.390 e. The quantitative estimate of drug-likeness (QED) is 0.644. The summed E-state index contributed by atoms with van der Waals surface area (Å²) in [5.41, 5.74) is 4.35. The molecule has 0 heterocycles. The Morgan fingerprint density at radius 3 is 2.21 bits per heavy atom.